The van der Waals surface area contributed by atoms with Crippen LogP contribution in [0.5, 0.6) is 11.6 Å². The summed E-state index contributed by atoms with van der Waals surface area (Å²) in [5.41, 5.74) is 6.44. The summed E-state index contributed by atoms with van der Waals surface area (Å²) in [5, 5.41) is 18.3. The number of rotatable bonds is 4. The third-order valence-electron chi connectivity index (χ3n) is 2.53. The Morgan fingerprint density at radius 3 is 2.71 bits per heavy atom. The average Bonchev–Trinajstić information content (AvgIpc) is 2.37. The van der Waals surface area contributed by atoms with Crippen LogP contribution in [0.3, 0.4) is 0 Å². The molecule has 1 aromatic heterocycles. The number of nitrogens with one attached hydrogen (secondary N) is 1. The number of hydrogen-bond acceptors (Lipinski definition) is 5. The first-order valence-corrected chi connectivity index (χ1v) is 6.60. The van der Waals surface area contributed by atoms with Gasteiger partial charge in [-0.1, -0.05) is 15.9 Å². The predicted molar refractivity (Wildman–Crippen MR) is 80.9 cm³/mol. The summed E-state index contributed by atoms with van der Waals surface area (Å²) in [6, 6.07) is 7.41. The molecule has 0 aliphatic rings. The van der Waals surface area contributed by atoms with Crippen molar-refractivity contribution in [2.75, 3.05) is 0 Å². The van der Waals surface area contributed by atoms with Gasteiger partial charge in [0.2, 0.25) is 5.88 Å². The minimum absolute atomic E-state index is 0.0983. The molecule has 0 saturated heterocycles. The largest absolute Gasteiger partial charge is 0.439 e. The van der Waals surface area contributed by atoms with Crippen molar-refractivity contribution in [3.05, 3.63) is 56.2 Å². The summed E-state index contributed by atoms with van der Waals surface area (Å²) >= 11 is 3.19. The summed E-state index contributed by atoms with van der Waals surface area (Å²) < 4.78 is 6.04. The Bertz CT molecular complexity index is 672. The molecule has 1 aromatic carbocycles. The van der Waals surface area contributed by atoms with Gasteiger partial charge >= 0.3 is 0 Å². The summed E-state index contributed by atoms with van der Waals surface area (Å²) in [6.45, 7) is 1.74. The molecule has 2 rings (SSSR count). The third kappa shape index (κ3) is 3.76. The van der Waals surface area contributed by atoms with Gasteiger partial charge in [-0.05, 0) is 19.1 Å². The van der Waals surface area contributed by atoms with E-state index in [0.29, 0.717) is 15.7 Å². The van der Waals surface area contributed by atoms with Gasteiger partial charge < -0.3 is 10.5 Å². The standard InChI is InChI=1S/C13H11BrN4O3/c1-7-2-8(13(15)16)3-12(17-7)21-11-5-9(14)4-10(6-11)18(19)20/h2-6H,1H3,(H3,15,16). The lowest BCUT2D eigenvalue weighted by atomic mass is 10.2. The summed E-state index contributed by atoms with van der Waals surface area (Å²) in [6.07, 6.45) is 0. The number of nitro groups is 1. The van der Waals surface area contributed by atoms with E-state index in [-0.39, 0.29) is 23.2 Å². The molecule has 0 saturated carbocycles. The average molecular weight is 351 g/mol. The molecule has 0 spiro atoms. The zero-order valence-corrected chi connectivity index (χ0v) is 12.5. The van der Waals surface area contributed by atoms with Crippen molar-refractivity contribution in [2.24, 2.45) is 5.73 Å². The van der Waals surface area contributed by atoms with Gasteiger partial charge in [0.1, 0.15) is 11.6 Å². The number of pyridine rings is 1. The van der Waals surface area contributed by atoms with Crippen molar-refractivity contribution in [3.8, 4) is 11.6 Å². The van der Waals surface area contributed by atoms with Crippen LogP contribution in [0.25, 0.3) is 0 Å². The number of nitrogens with zero attached hydrogens (tertiary/aromatic N) is 2. The first-order chi connectivity index (χ1) is 9.85. The fraction of sp³-hybridized carbons (Fsp3) is 0.0769. The molecular formula is C13H11BrN4O3. The highest BCUT2D eigenvalue weighted by atomic mass is 79.9. The number of amidine groups is 1. The van der Waals surface area contributed by atoms with Gasteiger partial charge in [0.15, 0.2) is 0 Å². The normalized spacial score (nSPS) is 10.2. The number of halogens is 1. The van der Waals surface area contributed by atoms with Crippen molar-refractivity contribution >= 4 is 27.5 Å². The maximum atomic E-state index is 10.8. The predicted octanol–water partition coefficient (Wildman–Crippen LogP) is 3.14. The number of aromatic nitrogens is 1. The van der Waals surface area contributed by atoms with Gasteiger partial charge in [0.25, 0.3) is 5.69 Å². The number of hydrogen-bond donors (Lipinski definition) is 2. The molecule has 8 heteroatoms. The van der Waals surface area contributed by atoms with Gasteiger partial charge in [-0.15, -0.1) is 0 Å². The second-order valence-corrected chi connectivity index (χ2v) is 5.17. The zero-order chi connectivity index (χ0) is 15.6. The van der Waals surface area contributed by atoms with E-state index in [1.165, 1.54) is 18.2 Å². The van der Waals surface area contributed by atoms with Crippen LogP contribution in [-0.4, -0.2) is 15.7 Å². The van der Waals surface area contributed by atoms with Crippen LogP contribution in [-0.2, 0) is 0 Å². The van der Waals surface area contributed by atoms with E-state index in [0.717, 1.165) is 0 Å². The lowest BCUT2D eigenvalue weighted by Crippen LogP contribution is -2.11. The summed E-state index contributed by atoms with van der Waals surface area (Å²) in [7, 11) is 0. The Labute approximate surface area is 128 Å². The van der Waals surface area contributed by atoms with Gasteiger partial charge in [0.05, 0.1) is 11.0 Å². The summed E-state index contributed by atoms with van der Waals surface area (Å²) in [4.78, 5) is 14.5. The molecule has 2 aromatic rings. The van der Waals surface area contributed by atoms with Crippen LogP contribution >= 0.6 is 15.9 Å². The maximum absolute atomic E-state index is 10.8. The van der Waals surface area contributed by atoms with Gasteiger partial charge in [-0.25, -0.2) is 4.98 Å². The van der Waals surface area contributed by atoms with Crippen LogP contribution in [0.1, 0.15) is 11.3 Å². The molecule has 0 aliphatic carbocycles. The van der Waals surface area contributed by atoms with E-state index in [2.05, 4.69) is 20.9 Å². The molecular weight excluding hydrogens is 340 g/mol. The van der Waals surface area contributed by atoms with Gasteiger partial charge in [-0.2, -0.15) is 0 Å². The molecule has 0 aliphatic heterocycles. The summed E-state index contributed by atoms with van der Waals surface area (Å²) in [5.74, 6) is 0.377. The Balaban J connectivity index is 2.38. The topological polar surface area (TPSA) is 115 Å². The Morgan fingerprint density at radius 1 is 1.38 bits per heavy atom. The second kappa shape index (κ2) is 5.88. The van der Waals surface area contributed by atoms with Gasteiger partial charge in [0, 0.05) is 27.9 Å². The van der Waals surface area contributed by atoms with Crippen LogP contribution < -0.4 is 10.5 Å². The number of nitrogen functional groups attached to an aromatic ring is 1. The Morgan fingerprint density at radius 2 is 2.10 bits per heavy atom. The first kappa shape index (κ1) is 14.9. The van der Waals surface area contributed by atoms with Crippen LogP contribution in [0.4, 0.5) is 5.69 Å². The minimum Gasteiger partial charge on any atom is -0.439 e. The van der Waals surface area contributed by atoms with E-state index in [9.17, 15) is 10.1 Å². The zero-order valence-electron chi connectivity index (χ0n) is 11.0. The quantitative estimate of drug-likeness (QED) is 0.380. The maximum Gasteiger partial charge on any atom is 0.274 e. The van der Waals surface area contributed by atoms with Crippen molar-refractivity contribution in [2.45, 2.75) is 6.92 Å². The first-order valence-electron chi connectivity index (χ1n) is 5.81. The van der Waals surface area contributed by atoms with Gasteiger partial charge in [-0.3, -0.25) is 15.5 Å². The molecule has 21 heavy (non-hydrogen) atoms. The molecule has 0 atom stereocenters. The van der Waals surface area contributed by atoms with Crippen LogP contribution in [0, 0.1) is 22.4 Å². The van der Waals surface area contributed by atoms with Crippen LogP contribution in [0.15, 0.2) is 34.8 Å². The number of ether oxygens (including phenoxy) is 1. The molecule has 0 fully saturated rings. The molecule has 0 unspecified atom stereocenters. The molecule has 108 valence electrons. The minimum atomic E-state index is -0.512. The number of non-ortho nitro benzene ring substituents is 1. The van der Waals surface area contributed by atoms with E-state index in [1.807, 2.05) is 0 Å². The van der Waals surface area contributed by atoms with E-state index >= 15 is 0 Å². The monoisotopic (exact) mass is 350 g/mol. The van der Waals surface area contributed by atoms with E-state index in [1.54, 1.807) is 19.1 Å². The van der Waals surface area contributed by atoms with E-state index < -0.39 is 4.92 Å². The lowest BCUT2D eigenvalue weighted by molar-refractivity contribution is -0.385. The molecule has 3 N–H and O–H groups in total. The van der Waals surface area contributed by atoms with Crippen molar-refractivity contribution in [1.82, 2.24) is 4.98 Å². The fourth-order valence-electron chi connectivity index (χ4n) is 1.68. The smallest absolute Gasteiger partial charge is 0.274 e. The van der Waals surface area contributed by atoms with Crippen molar-refractivity contribution in [1.29, 1.82) is 5.41 Å². The highest BCUT2D eigenvalue weighted by Gasteiger charge is 2.11. The Hall–Kier alpha value is -2.48. The van der Waals surface area contributed by atoms with E-state index in [4.69, 9.17) is 15.9 Å². The molecule has 0 bridgehead atoms. The SMILES string of the molecule is Cc1cc(C(=N)N)cc(Oc2cc(Br)cc([N+](=O)[O-])c2)n1. The molecule has 0 amide bonds. The van der Waals surface area contributed by atoms with Crippen molar-refractivity contribution in [3.63, 3.8) is 0 Å². The highest BCUT2D eigenvalue weighted by molar-refractivity contribution is 9.10. The lowest BCUT2D eigenvalue weighted by Gasteiger charge is -2.08. The number of nitrogens with two attached hydrogens (primary N) is 1. The number of nitro benzene ring substituents is 1. The highest BCUT2D eigenvalue weighted by Crippen LogP contribution is 2.29. The fourth-order valence-corrected chi connectivity index (χ4v) is 2.14. The Kier molecular flexibility index (Phi) is 4.18. The molecule has 7 nitrogen and oxygen atoms in total. The third-order valence-corrected chi connectivity index (χ3v) is 2.99. The molecule has 1 heterocycles. The van der Waals surface area contributed by atoms with Crippen LogP contribution in [0.2, 0.25) is 0 Å². The number of aryl methyl sites for hydroxylation is 1. The van der Waals surface area contributed by atoms with Crippen molar-refractivity contribution < 1.29 is 9.66 Å². The second-order valence-electron chi connectivity index (χ2n) is 4.25. The molecule has 0 radical (unpaired) electrons. The number of benzene rings is 1.